The maximum Gasteiger partial charge on any atom is 0.336 e. The fourth-order valence-corrected chi connectivity index (χ4v) is 2.78. The Bertz CT molecular complexity index is 552. The van der Waals surface area contributed by atoms with Gasteiger partial charge < -0.3 is 30.6 Å². The molecule has 9 heteroatoms. The van der Waals surface area contributed by atoms with Crippen LogP contribution in [0.3, 0.4) is 0 Å². The molecule has 0 aliphatic carbocycles. The minimum absolute atomic E-state index is 0.227. The molecule has 0 aliphatic rings. The summed E-state index contributed by atoms with van der Waals surface area (Å²) in [7, 11) is 0. The Morgan fingerprint density at radius 1 is 0.542 bits per heavy atom. The van der Waals surface area contributed by atoms with E-state index < -0.39 is 54.4 Å². The lowest BCUT2D eigenvalue weighted by atomic mass is 9.83. The molecule has 1 aromatic carbocycles. The highest BCUT2D eigenvalue weighted by Gasteiger charge is 2.31. The third-order valence-electron chi connectivity index (χ3n) is 3.54. The number of aliphatic hydroxyl groups excluding tert-OH is 3. The van der Waals surface area contributed by atoms with E-state index in [1.807, 2.05) is 0 Å². The predicted octanol–water partition coefficient (Wildman–Crippen LogP) is -0.614. The Labute approximate surface area is 136 Å². The maximum atomic E-state index is 11.6. The van der Waals surface area contributed by atoms with E-state index >= 15 is 0 Å². The second-order valence-electron chi connectivity index (χ2n) is 4.90. The third-order valence-corrected chi connectivity index (χ3v) is 3.54. The molecule has 132 valence electrons. The molecule has 0 radical (unpaired) electrons. The summed E-state index contributed by atoms with van der Waals surface area (Å²) in [6, 6.07) is 0. The van der Waals surface area contributed by atoms with Gasteiger partial charge >= 0.3 is 17.9 Å². The van der Waals surface area contributed by atoms with Gasteiger partial charge in [0.2, 0.25) is 0 Å². The van der Waals surface area contributed by atoms with Crippen LogP contribution in [0, 0.1) is 0 Å². The first-order valence-electron chi connectivity index (χ1n) is 7.04. The fraction of sp³-hybridized carbons (Fsp3) is 0.400. The van der Waals surface area contributed by atoms with Crippen molar-refractivity contribution in [3.05, 3.63) is 33.4 Å². The van der Waals surface area contributed by atoms with Gasteiger partial charge in [0, 0.05) is 19.8 Å². The molecule has 1 rings (SSSR count). The minimum Gasteiger partial charge on any atom is -0.478 e. The number of rotatable bonds is 9. The van der Waals surface area contributed by atoms with Gasteiger partial charge in [-0.05, 0) is 36.0 Å². The van der Waals surface area contributed by atoms with Crippen molar-refractivity contribution in [3.8, 4) is 0 Å². The first-order chi connectivity index (χ1) is 11.3. The SMILES string of the molecule is O=C(O)c1c(CCO)c(C(=O)O)c(CCO)c(C(=O)O)c1CCO. The summed E-state index contributed by atoms with van der Waals surface area (Å²) in [6.45, 7) is -1.65. The van der Waals surface area contributed by atoms with Crippen LogP contribution in [0.25, 0.3) is 0 Å². The molecule has 1 aromatic rings. The zero-order valence-corrected chi connectivity index (χ0v) is 12.7. The van der Waals surface area contributed by atoms with Gasteiger partial charge in [-0.15, -0.1) is 0 Å². The van der Waals surface area contributed by atoms with Crippen molar-refractivity contribution in [2.75, 3.05) is 19.8 Å². The standard InChI is InChI=1S/C15H18O9/c16-4-1-7-10(13(19)20)8(2-5-17)12(15(23)24)9(3-6-18)11(7)14(21)22/h16-18H,1-6H2,(H,19,20)(H,21,22)(H,23,24). The highest BCUT2D eigenvalue weighted by atomic mass is 16.4. The van der Waals surface area contributed by atoms with Crippen LogP contribution in [0.4, 0.5) is 0 Å². The van der Waals surface area contributed by atoms with Gasteiger partial charge in [0.1, 0.15) is 0 Å². The first kappa shape index (κ1) is 19.6. The van der Waals surface area contributed by atoms with Crippen molar-refractivity contribution in [1.82, 2.24) is 0 Å². The van der Waals surface area contributed by atoms with Crippen molar-refractivity contribution in [2.24, 2.45) is 0 Å². The second-order valence-corrected chi connectivity index (χ2v) is 4.90. The lowest BCUT2D eigenvalue weighted by Gasteiger charge is -2.21. The summed E-state index contributed by atoms with van der Waals surface area (Å²) in [4.78, 5) is 34.8. The Hall–Kier alpha value is -2.49. The van der Waals surface area contributed by atoms with Crippen LogP contribution in [-0.2, 0) is 19.3 Å². The van der Waals surface area contributed by atoms with Crippen molar-refractivity contribution in [3.63, 3.8) is 0 Å². The van der Waals surface area contributed by atoms with Crippen LogP contribution in [0.1, 0.15) is 47.8 Å². The van der Waals surface area contributed by atoms with Crippen molar-refractivity contribution < 1.29 is 45.0 Å². The number of aliphatic hydroxyl groups is 3. The van der Waals surface area contributed by atoms with Gasteiger partial charge in [-0.25, -0.2) is 14.4 Å². The number of benzene rings is 1. The van der Waals surface area contributed by atoms with Gasteiger partial charge in [0.15, 0.2) is 0 Å². The summed E-state index contributed by atoms with van der Waals surface area (Å²) in [6.07, 6.45) is -0.958. The Morgan fingerprint density at radius 3 is 0.875 bits per heavy atom. The molecule has 6 N–H and O–H groups in total. The van der Waals surface area contributed by atoms with E-state index in [1.165, 1.54) is 0 Å². The van der Waals surface area contributed by atoms with Crippen LogP contribution < -0.4 is 0 Å². The van der Waals surface area contributed by atoms with Crippen LogP contribution in [0.15, 0.2) is 0 Å². The minimum atomic E-state index is -1.55. The zero-order valence-electron chi connectivity index (χ0n) is 12.7. The second kappa shape index (κ2) is 8.39. The van der Waals surface area contributed by atoms with Gasteiger partial charge in [-0.1, -0.05) is 0 Å². The molecular formula is C15H18O9. The molecule has 9 nitrogen and oxygen atoms in total. The molecule has 0 unspecified atom stereocenters. The van der Waals surface area contributed by atoms with E-state index in [2.05, 4.69) is 0 Å². The molecule has 0 atom stereocenters. The molecule has 0 aliphatic heterocycles. The van der Waals surface area contributed by atoms with Crippen molar-refractivity contribution in [1.29, 1.82) is 0 Å². The molecular weight excluding hydrogens is 324 g/mol. The molecule has 0 spiro atoms. The number of aromatic carboxylic acids is 3. The average molecular weight is 342 g/mol. The summed E-state index contributed by atoms with van der Waals surface area (Å²) in [5.74, 6) is -4.66. The quantitative estimate of drug-likeness (QED) is 0.342. The van der Waals surface area contributed by atoms with Crippen LogP contribution in [0.2, 0.25) is 0 Å². The fourth-order valence-electron chi connectivity index (χ4n) is 2.78. The molecule has 0 amide bonds. The predicted molar refractivity (Wildman–Crippen MR) is 79.7 cm³/mol. The summed E-state index contributed by atoms with van der Waals surface area (Å²) < 4.78 is 0. The molecule has 0 bridgehead atoms. The van der Waals surface area contributed by atoms with Gasteiger partial charge in [0.25, 0.3) is 0 Å². The van der Waals surface area contributed by atoms with Gasteiger partial charge in [-0.2, -0.15) is 0 Å². The highest BCUT2D eigenvalue weighted by Crippen LogP contribution is 2.30. The van der Waals surface area contributed by atoms with E-state index in [0.29, 0.717) is 0 Å². The molecule has 0 aromatic heterocycles. The molecule has 24 heavy (non-hydrogen) atoms. The molecule has 0 saturated heterocycles. The Balaban J connectivity index is 4.09. The lowest BCUT2D eigenvalue weighted by Crippen LogP contribution is -2.23. The number of carbonyl (C=O) groups is 3. The van der Waals surface area contributed by atoms with E-state index in [0.717, 1.165) is 0 Å². The Morgan fingerprint density at radius 2 is 0.750 bits per heavy atom. The molecule has 0 saturated carbocycles. The van der Waals surface area contributed by atoms with Gasteiger partial charge in [0.05, 0.1) is 16.7 Å². The smallest absolute Gasteiger partial charge is 0.336 e. The maximum absolute atomic E-state index is 11.6. The molecule has 0 fully saturated rings. The monoisotopic (exact) mass is 342 g/mol. The summed E-state index contributed by atoms with van der Waals surface area (Å²) >= 11 is 0. The molecule has 0 heterocycles. The number of carboxylic acid groups (broad SMARTS) is 3. The van der Waals surface area contributed by atoms with E-state index in [-0.39, 0.29) is 36.0 Å². The van der Waals surface area contributed by atoms with Crippen LogP contribution in [0.5, 0.6) is 0 Å². The number of carboxylic acids is 3. The average Bonchev–Trinajstić information content (AvgIpc) is 2.46. The summed E-state index contributed by atoms with van der Waals surface area (Å²) in [5, 5.41) is 55.8. The van der Waals surface area contributed by atoms with E-state index in [4.69, 9.17) is 15.3 Å². The zero-order chi connectivity index (χ0) is 18.4. The first-order valence-corrected chi connectivity index (χ1v) is 7.04. The number of hydrogen-bond acceptors (Lipinski definition) is 6. The van der Waals surface area contributed by atoms with E-state index in [1.54, 1.807) is 0 Å². The van der Waals surface area contributed by atoms with Crippen molar-refractivity contribution >= 4 is 17.9 Å². The third kappa shape index (κ3) is 3.70. The highest BCUT2D eigenvalue weighted by molar-refractivity contribution is 6.05. The lowest BCUT2D eigenvalue weighted by molar-refractivity contribution is 0.0693. The van der Waals surface area contributed by atoms with Crippen molar-refractivity contribution in [2.45, 2.75) is 19.3 Å². The largest absolute Gasteiger partial charge is 0.478 e. The topological polar surface area (TPSA) is 173 Å². The van der Waals surface area contributed by atoms with Crippen LogP contribution >= 0.6 is 0 Å². The summed E-state index contributed by atoms with van der Waals surface area (Å²) in [5.41, 5.74) is -2.32. The van der Waals surface area contributed by atoms with E-state index in [9.17, 15) is 29.7 Å². The normalized spacial score (nSPS) is 10.6. The van der Waals surface area contributed by atoms with Crippen LogP contribution in [-0.4, -0.2) is 68.4 Å². The van der Waals surface area contributed by atoms with Gasteiger partial charge in [-0.3, -0.25) is 0 Å². The Kier molecular flexibility index (Phi) is 6.83. The number of hydrogen-bond donors (Lipinski definition) is 6.